The monoisotopic (exact) mass is 908 g/mol. The minimum Gasteiger partial charge on any atom is -0.465 e. The number of hydrazine groups is 1. The first-order valence-corrected chi connectivity index (χ1v) is 22.9. The Kier molecular flexibility index (Phi) is 16.2. The van der Waals surface area contributed by atoms with Crippen LogP contribution in [0.1, 0.15) is 83.7 Å². The van der Waals surface area contributed by atoms with E-state index in [2.05, 4.69) is 28.4 Å². The van der Waals surface area contributed by atoms with Crippen LogP contribution < -0.4 is 10.7 Å². The van der Waals surface area contributed by atoms with Crippen LogP contribution in [0.5, 0.6) is 0 Å². The van der Waals surface area contributed by atoms with Gasteiger partial charge in [0.15, 0.2) is 6.80 Å². The Hall–Kier alpha value is -5.93. The maximum absolute atomic E-state index is 15.4. The first-order valence-electron chi connectivity index (χ1n) is 22.9. The van der Waals surface area contributed by atoms with Gasteiger partial charge in [0.05, 0.1) is 35.5 Å². The summed E-state index contributed by atoms with van der Waals surface area (Å²) in [7, 11) is 3.22. The molecule has 6 rings (SSSR count). The fourth-order valence-corrected chi connectivity index (χ4v) is 9.37. The van der Waals surface area contributed by atoms with Gasteiger partial charge in [-0.25, -0.2) is 9.82 Å². The van der Waals surface area contributed by atoms with E-state index in [9.17, 15) is 24.0 Å². The third-order valence-electron chi connectivity index (χ3n) is 12.8. The molecule has 2 aromatic carbocycles. The number of hydrogen-bond acceptors (Lipinski definition) is 9. The third kappa shape index (κ3) is 11.2. The highest BCUT2D eigenvalue weighted by Crippen LogP contribution is 2.42. The van der Waals surface area contributed by atoms with Crippen LogP contribution in [0.4, 0.5) is 4.39 Å². The van der Waals surface area contributed by atoms with Crippen LogP contribution in [0, 0.1) is 17.3 Å². The van der Waals surface area contributed by atoms with Crippen LogP contribution in [0.25, 0.3) is 33.3 Å². The maximum atomic E-state index is 15.4. The number of likely N-dealkylation sites (N-methyl/N-ethyl adjacent to an activating group) is 1. The molecule has 2 aliphatic heterocycles. The topological polar surface area (TPSA) is 155 Å². The number of methoxy groups -OCH3 is 1. The second-order valence-electron chi connectivity index (χ2n) is 18.7. The van der Waals surface area contributed by atoms with E-state index in [4.69, 9.17) is 9.47 Å². The number of benzene rings is 2. The van der Waals surface area contributed by atoms with E-state index in [1.807, 2.05) is 83.1 Å². The molecule has 2 fully saturated rings. The average molecular weight is 908 g/mol. The van der Waals surface area contributed by atoms with Gasteiger partial charge in [-0.05, 0) is 91.1 Å². The number of esters is 1. The fourth-order valence-electron chi connectivity index (χ4n) is 9.37. The van der Waals surface area contributed by atoms with E-state index in [1.54, 1.807) is 34.8 Å². The Morgan fingerprint density at radius 1 is 1.05 bits per heavy atom. The zero-order valence-corrected chi connectivity index (χ0v) is 39.7. The van der Waals surface area contributed by atoms with Gasteiger partial charge in [-0.1, -0.05) is 64.6 Å². The molecule has 4 heterocycles. The molecule has 4 amide bonds. The highest BCUT2D eigenvalue weighted by atomic mass is 19.1. The van der Waals surface area contributed by atoms with Crippen molar-refractivity contribution in [3.8, 4) is 22.4 Å². The number of carbonyl (C=O) groups excluding carboxylic acids is 5. The number of fused-ring (bicyclic) bond motifs is 1. The van der Waals surface area contributed by atoms with Crippen LogP contribution >= 0.6 is 0 Å². The summed E-state index contributed by atoms with van der Waals surface area (Å²) < 4.78 is 28.3. The van der Waals surface area contributed by atoms with Crippen molar-refractivity contribution in [3.05, 3.63) is 90.3 Å². The lowest BCUT2D eigenvalue weighted by atomic mass is 9.84. The van der Waals surface area contributed by atoms with Gasteiger partial charge in [-0.15, -0.1) is 0 Å². The largest absolute Gasteiger partial charge is 0.465 e. The van der Waals surface area contributed by atoms with E-state index < -0.39 is 36.1 Å². The van der Waals surface area contributed by atoms with Crippen LogP contribution in [0.15, 0.2) is 73.4 Å². The predicted octanol–water partition coefficient (Wildman–Crippen LogP) is 6.81. The average Bonchev–Trinajstić information content (AvgIpc) is 3.93. The summed E-state index contributed by atoms with van der Waals surface area (Å²) in [5, 5.41) is 5.46. The highest BCUT2D eigenvalue weighted by Gasteiger charge is 2.39. The SMILES string of the molecule is C=CC(=O)N1CC[C@H](C(=O)N(C)[C@H](C(=O)N[C@@H](Cc2cccc(-c3ccc4c(c3)c(CC(C)(C)COC(C)=O)c(-c3cccnc3[C@H](C)OC)n4CF)c2)C(=O)N2CCCCN2)C(C)C)C1. The molecule has 0 aliphatic carbocycles. The van der Waals surface area contributed by atoms with E-state index >= 15 is 4.39 Å². The van der Waals surface area contributed by atoms with E-state index in [-0.39, 0.29) is 55.3 Å². The number of halogens is 1. The molecular formula is C51H66FN7O7. The van der Waals surface area contributed by atoms with Crippen LogP contribution in [0.3, 0.4) is 0 Å². The van der Waals surface area contributed by atoms with Crippen molar-refractivity contribution in [1.82, 2.24) is 35.1 Å². The minimum absolute atomic E-state index is 0.158. The summed E-state index contributed by atoms with van der Waals surface area (Å²) in [4.78, 5) is 74.4. The van der Waals surface area contributed by atoms with E-state index in [0.29, 0.717) is 49.4 Å². The number of pyridine rings is 1. The Balaban J connectivity index is 1.36. The number of aromatic nitrogens is 2. The number of alkyl halides is 1. The van der Waals surface area contributed by atoms with Gasteiger partial charge in [-0.3, -0.25) is 34.0 Å². The Morgan fingerprint density at radius 2 is 1.80 bits per heavy atom. The zero-order valence-electron chi connectivity index (χ0n) is 39.7. The fraction of sp³-hybridized carbons (Fsp3) is 0.490. The van der Waals surface area contributed by atoms with E-state index in [1.165, 1.54) is 17.9 Å². The van der Waals surface area contributed by atoms with Gasteiger partial charge in [-0.2, -0.15) is 0 Å². The first kappa shape index (κ1) is 49.5. The van der Waals surface area contributed by atoms with Gasteiger partial charge in [0.2, 0.25) is 17.7 Å². The van der Waals surface area contributed by atoms with Crippen molar-refractivity contribution in [2.24, 2.45) is 17.3 Å². The summed E-state index contributed by atoms with van der Waals surface area (Å²) >= 11 is 0. The molecule has 14 nitrogen and oxygen atoms in total. The van der Waals surface area contributed by atoms with Crippen molar-refractivity contribution >= 4 is 40.5 Å². The molecule has 66 heavy (non-hydrogen) atoms. The summed E-state index contributed by atoms with van der Waals surface area (Å²) in [6.45, 7) is 15.8. The Morgan fingerprint density at radius 3 is 2.47 bits per heavy atom. The lowest BCUT2D eigenvalue weighted by molar-refractivity contribution is -0.146. The Labute approximate surface area is 387 Å². The third-order valence-corrected chi connectivity index (χ3v) is 12.8. The second kappa shape index (κ2) is 21.6. The zero-order chi connectivity index (χ0) is 47.9. The number of ether oxygens (including phenoxy) is 2. The smallest absolute Gasteiger partial charge is 0.302 e. The first-order chi connectivity index (χ1) is 31.5. The quantitative estimate of drug-likeness (QED) is 0.0810. The number of likely N-dealkylation sites (tertiary alicyclic amines) is 1. The number of carbonyl (C=O) groups is 5. The predicted molar refractivity (Wildman–Crippen MR) is 252 cm³/mol. The molecule has 0 spiro atoms. The molecular weight excluding hydrogens is 842 g/mol. The standard InChI is InChI=1S/C51H66FN7O7/c1-10-44(61)57-24-20-38(29-57)49(63)56(8)46(32(2)3)48(62)55-42(50(64)59-23-12-11-22-54-59)26-35-15-13-16-36(25-35)37-18-19-43-40(27-37)41(28-51(6,7)30-66-34(5)60)47(58(43)31-52)39-17-14-21-53-45(39)33(4)65-9/h10,13-19,21,25,27,32-33,38,42,46,54H,1,11-12,20,22-24,26,28-31H2,2-9H3,(H,55,62)/t33-,38-,42-,46-/m0/s1. The van der Waals surface area contributed by atoms with Gasteiger partial charge >= 0.3 is 5.97 Å². The van der Waals surface area contributed by atoms with Gasteiger partial charge in [0, 0.05) is 76.2 Å². The summed E-state index contributed by atoms with van der Waals surface area (Å²) in [6.07, 6.45) is 5.39. The molecule has 2 aliphatic rings. The molecule has 2 saturated heterocycles. The Bertz CT molecular complexity index is 2430. The number of nitrogens with one attached hydrogen (secondary N) is 2. The van der Waals surface area contributed by atoms with Crippen molar-refractivity contribution in [2.45, 2.75) is 98.6 Å². The number of hydrogen-bond donors (Lipinski definition) is 2. The van der Waals surface area contributed by atoms with Crippen LogP contribution in [0.2, 0.25) is 0 Å². The normalized spacial score (nSPS) is 16.8. The minimum atomic E-state index is -0.965. The lowest BCUT2D eigenvalue weighted by Gasteiger charge is -2.35. The molecule has 15 heteroatoms. The highest BCUT2D eigenvalue weighted by molar-refractivity contribution is 5.96. The van der Waals surface area contributed by atoms with Crippen LogP contribution in [-0.4, -0.2) is 113 Å². The molecule has 2 aromatic heterocycles. The molecule has 4 aromatic rings. The maximum Gasteiger partial charge on any atom is 0.302 e. The lowest BCUT2D eigenvalue weighted by Crippen LogP contribution is -2.59. The summed E-state index contributed by atoms with van der Waals surface area (Å²) in [5.74, 6) is -2.31. The molecule has 0 radical (unpaired) electrons. The second-order valence-corrected chi connectivity index (χ2v) is 18.7. The number of rotatable bonds is 18. The molecule has 2 N–H and O–H groups in total. The molecule has 0 bridgehead atoms. The van der Waals surface area contributed by atoms with Gasteiger partial charge in [0.1, 0.15) is 12.1 Å². The van der Waals surface area contributed by atoms with Crippen molar-refractivity contribution in [1.29, 1.82) is 0 Å². The molecule has 0 saturated carbocycles. The van der Waals surface area contributed by atoms with Gasteiger partial charge < -0.3 is 29.2 Å². The number of amides is 4. The molecule has 0 unspecified atom stereocenters. The van der Waals surface area contributed by atoms with Crippen molar-refractivity contribution < 1.29 is 37.8 Å². The summed E-state index contributed by atoms with van der Waals surface area (Å²) in [5.41, 5.74) is 8.80. The van der Waals surface area contributed by atoms with Crippen molar-refractivity contribution in [2.75, 3.05) is 46.9 Å². The van der Waals surface area contributed by atoms with E-state index in [0.717, 1.165) is 46.0 Å². The van der Waals surface area contributed by atoms with Crippen molar-refractivity contribution in [3.63, 3.8) is 0 Å². The molecule has 4 atom stereocenters. The number of nitrogens with zero attached hydrogens (tertiary/aromatic N) is 5. The van der Waals surface area contributed by atoms with Gasteiger partial charge in [0.25, 0.3) is 5.91 Å². The van der Waals surface area contributed by atoms with Crippen LogP contribution in [-0.2, 0) is 53.1 Å². The summed E-state index contributed by atoms with van der Waals surface area (Å²) in [6, 6.07) is 15.6. The molecule has 354 valence electrons.